The fourth-order valence-corrected chi connectivity index (χ4v) is 3.27. The number of aliphatic hydroxyl groups excluding tert-OH is 1. The van der Waals surface area contributed by atoms with Crippen LogP contribution < -0.4 is 0 Å². The van der Waals surface area contributed by atoms with Crippen LogP contribution in [0.2, 0.25) is 0 Å². The van der Waals surface area contributed by atoms with Gasteiger partial charge in [-0.2, -0.15) is 0 Å². The molecule has 1 aliphatic rings. The summed E-state index contributed by atoms with van der Waals surface area (Å²) >= 11 is 6.60. The second-order valence-electron chi connectivity index (χ2n) is 3.79. The highest BCUT2D eigenvalue weighted by Gasteiger charge is 2.26. The summed E-state index contributed by atoms with van der Waals surface area (Å²) in [6.45, 7) is 0.501. The van der Waals surface area contributed by atoms with Crippen molar-refractivity contribution >= 4 is 31.9 Å². The van der Waals surface area contributed by atoms with Gasteiger partial charge in [0.15, 0.2) is 0 Å². The SMILES string of the molecule is OC1CCOC(c2c(Br)ccc(F)c2Br)C1. The number of ether oxygens (including phenoxy) is 1. The molecule has 5 heteroatoms. The number of hydrogen-bond donors (Lipinski definition) is 1. The molecule has 0 bridgehead atoms. The van der Waals surface area contributed by atoms with Gasteiger partial charge in [-0.3, -0.25) is 0 Å². The topological polar surface area (TPSA) is 29.5 Å². The predicted molar refractivity (Wildman–Crippen MR) is 65.7 cm³/mol. The van der Waals surface area contributed by atoms with Gasteiger partial charge in [-0.25, -0.2) is 4.39 Å². The molecule has 2 nitrogen and oxygen atoms in total. The van der Waals surface area contributed by atoms with Gasteiger partial charge in [0.2, 0.25) is 0 Å². The van der Waals surface area contributed by atoms with Crippen molar-refractivity contribution in [3.8, 4) is 0 Å². The van der Waals surface area contributed by atoms with E-state index in [1.165, 1.54) is 6.07 Å². The number of hydrogen-bond acceptors (Lipinski definition) is 2. The highest BCUT2D eigenvalue weighted by Crippen LogP contribution is 2.38. The van der Waals surface area contributed by atoms with Crippen LogP contribution in [0.4, 0.5) is 4.39 Å². The van der Waals surface area contributed by atoms with E-state index in [2.05, 4.69) is 31.9 Å². The van der Waals surface area contributed by atoms with E-state index in [9.17, 15) is 9.50 Å². The number of aliphatic hydroxyl groups is 1. The lowest BCUT2D eigenvalue weighted by atomic mass is 9.99. The van der Waals surface area contributed by atoms with Crippen LogP contribution in [0, 0.1) is 5.82 Å². The lowest BCUT2D eigenvalue weighted by molar-refractivity contribution is -0.0455. The minimum atomic E-state index is -0.374. The summed E-state index contributed by atoms with van der Waals surface area (Å²) in [5.74, 6) is -0.318. The number of halogens is 3. The van der Waals surface area contributed by atoms with Crippen LogP contribution in [0.1, 0.15) is 24.5 Å². The molecule has 1 aromatic carbocycles. The molecule has 88 valence electrons. The summed E-state index contributed by atoms with van der Waals surface area (Å²) < 4.78 is 20.2. The molecule has 1 aromatic rings. The van der Waals surface area contributed by atoms with Crippen LogP contribution in [0.25, 0.3) is 0 Å². The van der Waals surface area contributed by atoms with E-state index in [4.69, 9.17) is 4.74 Å². The molecule has 0 saturated carbocycles. The van der Waals surface area contributed by atoms with E-state index in [-0.39, 0.29) is 18.0 Å². The molecule has 16 heavy (non-hydrogen) atoms. The molecule has 1 aliphatic heterocycles. The summed E-state index contributed by atoms with van der Waals surface area (Å²) in [6, 6.07) is 3.04. The second kappa shape index (κ2) is 5.12. The summed E-state index contributed by atoms with van der Waals surface area (Å²) in [7, 11) is 0. The first-order chi connectivity index (χ1) is 7.59. The first-order valence-corrected chi connectivity index (χ1v) is 6.61. The molecule has 0 amide bonds. The van der Waals surface area contributed by atoms with Crippen LogP contribution in [0.3, 0.4) is 0 Å². The Hall–Kier alpha value is 0.0300. The van der Waals surface area contributed by atoms with Crippen LogP contribution in [-0.2, 0) is 4.74 Å². The number of rotatable bonds is 1. The molecule has 1 saturated heterocycles. The van der Waals surface area contributed by atoms with E-state index in [0.717, 1.165) is 10.0 Å². The van der Waals surface area contributed by atoms with Gasteiger partial charge in [0.25, 0.3) is 0 Å². The first kappa shape index (κ1) is 12.5. The van der Waals surface area contributed by atoms with Crippen LogP contribution in [-0.4, -0.2) is 17.8 Å². The Morgan fingerprint density at radius 3 is 2.81 bits per heavy atom. The fourth-order valence-electron chi connectivity index (χ4n) is 1.82. The summed E-state index contributed by atoms with van der Waals surface area (Å²) in [5, 5.41) is 9.59. The van der Waals surface area contributed by atoms with E-state index in [1.54, 1.807) is 6.07 Å². The maximum Gasteiger partial charge on any atom is 0.137 e. The van der Waals surface area contributed by atoms with Gasteiger partial charge in [0.1, 0.15) is 5.82 Å². The first-order valence-electron chi connectivity index (χ1n) is 5.02. The average Bonchev–Trinajstić information content (AvgIpc) is 2.24. The van der Waals surface area contributed by atoms with Crippen LogP contribution in [0.15, 0.2) is 21.1 Å². The summed E-state index contributed by atoms with van der Waals surface area (Å²) in [4.78, 5) is 0. The van der Waals surface area contributed by atoms with Crippen molar-refractivity contribution in [2.24, 2.45) is 0 Å². The van der Waals surface area contributed by atoms with Gasteiger partial charge < -0.3 is 9.84 Å². The highest BCUT2D eigenvalue weighted by molar-refractivity contribution is 9.11. The number of benzene rings is 1. The highest BCUT2D eigenvalue weighted by atomic mass is 79.9. The molecular weight excluding hydrogens is 343 g/mol. The zero-order chi connectivity index (χ0) is 11.7. The largest absolute Gasteiger partial charge is 0.393 e. The standard InChI is InChI=1S/C11H11Br2FO2/c12-7-1-2-8(14)11(13)10(7)9-5-6(15)3-4-16-9/h1-2,6,9,15H,3-5H2. The summed E-state index contributed by atoms with van der Waals surface area (Å²) in [6.07, 6.45) is 0.505. The minimum absolute atomic E-state index is 0.261. The van der Waals surface area contributed by atoms with E-state index in [0.29, 0.717) is 23.9 Å². The molecule has 2 rings (SSSR count). The zero-order valence-corrected chi connectivity index (χ0v) is 11.6. The molecule has 1 heterocycles. The quantitative estimate of drug-likeness (QED) is 0.782. The third kappa shape index (κ3) is 2.47. The van der Waals surface area contributed by atoms with Crippen molar-refractivity contribution in [3.63, 3.8) is 0 Å². The van der Waals surface area contributed by atoms with Gasteiger partial charge in [0, 0.05) is 23.1 Å². The third-order valence-electron chi connectivity index (χ3n) is 2.66. The average molecular weight is 354 g/mol. The molecule has 0 radical (unpaired) electrons. The molecule has 2 unspecified atom stereocenters. The maximum atomic E-state index is 13.4. The fraction of sp³-hybridized carbons (Fsp3) is 0.455. The Kier molecular flexibility index (Phi) is 4.00. The molecule has 0 spiro atoms. The van der Waals surface area contributed by atoms with Crippen molar-refractivity contribution in [1.82, 2.24) is 0 Å². The molecule has 2 atom stereocenters. The van der Waals surface area contributed by atoms with Crippen molar-refractivity contribution < 1.29 is 14.2 Å². The monoisotopic (exact) mass is 352 g/mol. The Morgan fingerprint density at radius 1 is 1.38 bits per heavy atom. The lowest BCUT2D eigenvalue weighted by Gasteiger charge is -2.28. The predicted octanol–water partition coefficient (Wildman–Crippen LogP) is 3.56. The Labute approximate surface area is 110 Å². The van der Waals surface area contributed by atoms with Crippen LogP contribution >= 0.6 is 31.9 Å². The van der Waals surface area contributed by atoms with Gasteiger partial charge >= 0.3 is 0 Å². The van der Waals surface area contributed by atoms with Crippen molar-refractivity contribution in [1.29, 1.82) is 0 Å². The Morgan fingerprint density at radius 2 is 2.12 bits per heavy atom. The van der Waals surface area contributed by atoms with Crippen LogP contribution in [0.5, 0.6) is 0 Å². The minimum Gasteiger partial charge on any atom is -0.393 e. The Bertz CT molecular complexity index is 398. The van der Waals surface area contributed by atoms with E-state index < -0.39 is 0 Å². The normalized spacial score (nSPS) is 25.8. The van der Waals surface area contributed by atoms with Crippen molar-refractivity contribution in [2.45, 2.75) is 25.0 Å². The van der Waals surface area contributed by atoms with E-state index in [1.807, 2.05) is 0 Å². The summed E-state index contributed by atoms with van der Waals surface area (Å²) in [5.41, 5.74) is 0.735. The van der Waals surface area contributed by atoms with Gasteiger partial charge in [-0.15, -0.1) is 0 Å². The van der Waals surface area contributed by atoms with Gasteiger partial charge in [-0.05, 0) is 34.5 Å². The maximum absolute atomic E-state index is 13.4. The molecular formula is C11H11Br2FO2. The molecule has 1 N–H and O–H groups in total. The second-order valence-corrected chi connectivity index (χ2v) is 5.44. The smallest absolute Gasteiger partial charge is 0.137 e. The van der Waals surface area contributed by atoms with Crippen molar-refractivity contribution in [3.05, 3.63) is 32.5 Å². The molecule has 0 aliphatic carbocycles. The Balaban J connectivity index is 2.35. The van der Waals surface area contributed by atoms with Crippen molar-refractivity contribution in [2.75, 3.05) is 6.61 Å². The molecule has 0 aromatic heterocycles. The van der Waals surface area contributed by atoms with Gasteiger partial charge in [-0.1, -0.05) is 15.9 Å². The molecule has 1 fully saturated rings. The lowest BCUT2D eigenvalue weighted by Crippen LogP contribution is -2.24. The third-order valence-corrected chi connectivity index (χ3v) is 4.16. The van der Waals surface area contributed by atoms with E-state index >= 15 is 0 Å². The van der Waals surface area contributed by atoms with Gasteiger partial charge in [0.05, 0.1) is 16.7 Å². The zero-order valence-electron chi connectivity index (χ0n) is 8.42.